The molecule has 2 heterocycles. The topological polar surface area (TPSA) is 102 Å². The van der Waals surface area contributed by atoms with Crippen molar-refractivity contribution in [1.82, 2.24) is 9.97 Å². The van der Waals surface area contributed by atoms with E-state index in [9.17, 15) is 9.59 Å². The van der Waals surface area contributed by atoms with E-state index in [-0.39, 0.29) is 11.8 Å². The third kappa shape index (κ3) is 3.09. The summed E-state index contributed by atoms with van der Waals surface area (Å²) in [5.41, 5.74) is 11.0. The van der Waals surface area contributed by atoms with Crippen molar-refractivity contribution in [3.05, 3.63) is 58.6 Å². The molecule has 7 heteroatoms. The van der Waals surface area contributed by atoms with Crippen molar-refractivity contribution in [3.8, 4) is 0 Å². The van der Waals surface area contributed by atoms with Crippen molar-refractivity contribution in [2.45, 2.75) is 33.6 Å². The van der Waals surface area contributed by atoms with E-state index in [1.54, 1.807) is 36.2 Å². The van der Waals surface area contributed by atoms with Crippen LogP contribution >= 0.6 is 0 Å². The Balaban J connectivity index is 1.98. The van der Waals surface area contributed by atoms with Gasteiger partial charge in [-0.05, 0) is 49.6 Å². The highest BCUT2D eigenvalue weighted by Gasteiger charge is 2.38. The first-order chi connectivity index (χ1) is 13.4. The van der Waals surface area contributed by atoms with Crippen LogP contribution < -0.4 is 10.6 Å². The maximum absolute atomic E-state index is 12.5. The molecule has 2 amide bonds. The first-order valence-corrected chi connectivity index (χ1v) is 9.22. The molecule has 0 bridgehead atoms. The van der Waals surface area contributed by atoms with Gasteiger partial charge in [0, 0.05) is 41.6 Å². The normalized spacial score (nSPS) is 19.6. The standard InChI is InChI=1S/C21H21N5O2/c1-11-8-9-23-21(24-11)25-18-12(2)19(14-4-5-14)26(13(3)27)17-7-6-15(20(22)28)10-16(17)18/h6-10,12H,4-5H2,1-3H3,(H2,22,28)/b25-18+/t12-/m1/s1. The number of primary amides is 1. The van der Waals surface area contributed by atoms with Gasteiger partial charge in [-0.25, -0.2) is 15.0 Å². The molecule has 1 atom stereocenters. The lowest BCUT2D eigenvalue weighted by molar-refractivity contribution is -0.116. The predicted molar refractivity (Wildman–Crippen MR) is 107 cm³/mol. The van der Waals surface area contributed by atoms with Gasteiger partial charge >= 0.3 is 0 Å². The number of benzene rings is 1. The quantitative estimate of drug-likeness (QED) is 0.871. The number of aliphatic imine (C=N–C) groups is 1. The molecular weight excluding hydrogens is 354 g/mol. The van der Waals surface area contributed by atoms with E-state index in [0.717, 1.165) is 29.9 Å². The zero-order valence-electron chi connectivity index (χ0n) is 16.1. The zero-order valence-corrected chi connectivity index (χ0v) is 16.1. The van der Waals surface area contributed by atoms with Crippen molar-refractivity contribution in [3.63, 3.8) is 0 Å². The summed E-state index contributed by atoms with van der Waals surface area (Å²) in [6.07, 6.45) is 3.62. The summed E-state index contributed by atoms with van der Waals surface area (Å²) in [5, 5.41) is 0. The molecule has 0 radical (unpaired) electrons. The van der Waals surface area contributed by atoms with Crippen LogP contribution in [0.4, 0.5) is 11.6 Å². The van der Waals surface area contributed by atoms with E-state index in [0.29, 0.717) is 22.8 Å². The Labute approximate surface area is 163 Å². The number of nitrogens with zero attached hydrogens (tertiary/aromatic N) is 4. The molecule has 0 saturated heterocycles. The maximum atomic E-state index is 12.5. The van der Waals surface area contributed by atoms with Crippen LogP contribution in [0.1, 0.15) is 48.3 Å². The fraction of sp³-hybridized carbons (Fsp3) is 0.286. The highest BCUT2D eigenvalue weighted by Crippen LogP contribution is 2.44. The van der Waals surface area contributed by atoms with E-state index in [2.05, 4.69) is 9.97 Å². The number of aromatic nitrogens is 2. The minimum absolute atomic E-state index is 0.0693. The number of nitrogens with two attached hydrogens (primary N) is 1. The molecule has 1 fully saturated rings. The second-order valence-corrected chi connectivity index (χ2v) is 7.16. The summed E-state index contributed by atoms with van der Waals surface area (Å²) in [6, 6.07) is 6.91. The van der Waals surface area contributed by atoms with Gasteiger partial charge in [-0.3, -0.25) is 14.5 Å². The van der Waals surface area contributed by atoms with Gasteiger partial charge in [0.1, 0.15) is 0 Å². The van der Waals surface area contributed by atoms with Crippen LogP contribution in [0.15, 0.2) is 46.7 Å². The minimum atomic E-state index is -0.526. The molecule has 2 N–H and O–H groups in total. The smallest absolute Gasteiger partial charge is 0.249 e. The van der Waals surface area contributed by atoms with Crippen molar-refractivity contribution >= 4 is 29.2 Å². The molecule has 1 aromatic carbocycles. The van der Waals surface area contributed by atoms with Gasteiger partial charge in [0.05, 0.1) is 11.4 Å². The average Bonchev–Trinajstić information content (AvgIpc) is 3.47. The predicted octanol–water partition coefficient (Wildman–Crippen LogP) is 3.06. The van der Waals surface area contributed by atoms with Gasteiger partial charge in [0.25, 0.3) is 0 Å². The Morgan fingerprint density at radius 3 is 2.61 bits per heavy atom. The fourth-order valence-corrected chi connectivity index (χ4v) is 3.65. The molecule has 0 spiro atoms. The lowest BCUT2D eigenvalue weighted by Crippen LogP contribution is -2.39. The van der Waals surface area contributed by atoms with Gasteiger partial charge < -0.3 is 5.73 Å². The molecule has 2 aromatic rings. The molecule has 1 aliphatic carbocycles. The van der Waals surface area contributed by atoms with Gasteiger partial charge in [0.15, 0.2) is 0 Å². The Bertz CT molecular complexity index is 1060. The van der Waals surface area contributed by atoms with Crippen LogP contribution in [0.3, 0.4) is 0 Å². The summed E-state index contributed by atoms with van der Waals surface area (Å²) < 4.78 is 0. The van der Waals surface area contributed by atoms with Gasteiger partial charge in [-0.15, -0.1) is 0 Å². The lowest BCUT2D eigenvalue weighted by Gasteiger charge is -2.36. The van der Waals surface area contributed by atoms with E-state index in [1.165, 1.54) is 5.57 Å². The highest BCUT2D eigenvalue weighted by atomic mass is 16.2. The van der Waals surface area contributed by atoms with Gasteiger partial charge in [0.2, 0.25) is 17.8 Å². The number of carbonyl (C=O) groups is 2. The van der Waals surface area contributed by atoms with Crippen LogP contribution in [-0.2, 0) is 4.79 Å². The Kier molecular flexibility index (Phi) is 4.30. The molecule has 1 aromatic heterocycles. The van der Waals surface area contributed by atoms with E-state index in [1.807, 2.05) is 19.9 Å². The SMILES string of the molecule is CC(=O)N1C(=C2CC2)[C@H](C)/C(=N\c2nccc(C)n2)c2cc(C(N)=O)ccc21. The highest BCUT2D eigenvalue weighted by molar-refractivity contribution is 6.16. The maximum Gasteiger partial charge on any atom is 0.249 e. The Morgan fingerprint density at radius 2 is 2.00 bits per heavy atom. The number of hydrogen-bond donors (Lipinski definition) is 1. The molecule has 142 valence electrons. The van der Waals surface area contributed by atoms with E-state index in [4.69, 9.17) is 10.7 Å². The molecule has 28 heavy (non-hydrogen) atoms. The third-order valence-corrected chi connectivity index (χ3v) is 5.04. The molecule has 1 saturated carbocycles. The number of fused-ring (bicyclic) bond motifs is 1. The van der Waals surface area contributed by atoms with Crippen LogP contribution in [-0.4, -0.2) is 27.5 Å². The molecule has 1 aliphatic heterocycles. The molecule has 2 aliphatic rings. The fourth-order valence-electron chi connectivity index (χ4n) is 3.65. The van der Waals surface area contributed by atoms with Crippen molar-refractivity contribution in [1.29, 1.82) is 0 Å². The van der Waals surface area contributed by atoms with Crippen molar-refractivity contribution < 1.29 is 9.59 Å². The zero-order chi connectivity index (χ0) is 20.0. The molecule has 7 nitrogen and oxygen atoms in total. The summed E-state index contributed by atoms with van der Waals surface area (Å²) in [5.74, 6) is -0.377. The third-order valence-electron chi connectivity index (χ3n) is 5.04. The van der Waals surface area contributed by atoms with Crippen molar-refractivity contribution in [2.24, 2.45) is 16.6 Å². The molecule has 4 rings (SSSR count). The summed E-state index contributed by atoms with van der Waals surface area (Å²) in [6.45, 7) is 5.45. The van der Waals surface area contributed by atoms with Crippen LogP contribution in [0, 0.1) is 12.8 Å². The van der Waals surface area contributed by atoms with Crippen molar-refractivity contribution in [2.75, 3.05) is 4.90 Å². The lowest BCUT2D eigenvalue weighted by atomic mass is 9.86. The minimum Gasteiger partial charge on any atom is -0.366 e. The number of allylic oxidation sites excluding steroid dienone is 2. The first-order valence-electron chi connectivity index (χ1n) is 9.22. The average molecular weight is 375 g/mol. The van der Waals surface area contributed by atoms with E-state index < -0.39 is 5.91 Å². The Morgan fingerprint density at radius 1 is 1.25 bits per heavy atom. The largest absolute Gasteiger partial charge is 0.366 e. The summed E-state index contributed by atoms with van der Waals surface area (Å²) in [7, 11) is 0. The Hall–Kier alpha value is -3.35. The number of hydrogen-bond acceptors (Lipinski definition) is 5. The second-order valence-electron chi connectivity index (χ2n) is 7.16. The van der Waals surface area contributed by atoms with E-state index >= 15 is 0 Å². The van der Waals surface area contributed by atoms with Gasteiger partial charge in [-0.2, -0.15) is 0 Å². The number of amides is 2. The number of aryl methyl sites for hydroxylation is 1. The van der Waals surface area contributed by atoms with Crippen LogP contribution in [0.5, 0.6) is 0 Å². The number of anilines is 1. The number of rotatable bonds is 2. The first kappa shape index (κ1) is 18.0. The second kappa shape index (κ2) is 6.67. The van der Waals surface area contributed by atoms with Crippen LogP contribution in [0.2, 0.25) is 0 Å². The van der Waals surface area contributed by atoms with Crippen LogP contribution in [0.25, 0.3) is 0 Å². The summed E-state index contributed by atoms with van der Waals surface area (Å²) >= 11 is 0. The van der Waals surface area contributed by atoms with Gasteiger partial charge in [-0.1, -0.05) is 6.92 Å². The molecular formula is C21H21N5O2. The number of carbonyl (C=O) groups excluding carboxylic acids is 2. The molecule has 0 unspecified atom stereocenters. The monoisotopic (exact) mass is 375 g/mol. The summed E-state index contributed by atoms with van der Waals surface area (Å²) in [4.78, 5) is 39.4.